The Labute approximate surface area is 193 Å². The van der Waals surface area contributed by atoms with Crippen LogP contribution in [-0.4, -0.2) is 34.0 Å². The summed E-state index contributed by atoms with van der Waals surface area (Å²) in [5, 5.41) is 16.3. The topological polar surface area (TPSA) is 127 Å². The molecule has 0 bridgehead atoms. The third-order valence-electron chi connectivity index (χ3n) is 5.21. The zero-order valence-corrected chi connectivity index (χ0v) is 18.6. The fourth-order valence-electron chi connectivity index (χ4n) is 3.66. The van der Waals surface area contributed by atoms with Crippen molar-refractivity contribution in [2.24, 2.45) is 4.99 Å². The Morgan fingerprint density at radius 2 is 2.06 bits per heavy atom. The van der Waals surface area contributed by atoms with Crippen LogP contribution in [0.1, 0.15) is 30.7 Å². The van der Waals surface area contributed by atoms with Crippen molar-refractivity contribution in [1.82, 2.24) is 10.2 Å². The van der Waals surface area contributed by atoms with E-state index >= 15 is 0 Å². The molecule has 1 aromatic heterocycles. The second-order valence-electron chi connectivity index (χ2n) is 7.27. The minimum Gasteiger partial charge on any atom is -0.467 e. The number of nitrogens with one attached hydrogen (secondary N) is 1. The van der Waals surface area contributed by atoms with Gasteiger partial charge in [0.25, 0.3) is 5.69 Å². The Morgan fingerprint density at radius 1 is 1.30 bits per heavy atom. The minimum absolute atomic E-state index is 0.0453. The van der Waals surface area contributed by atoms with Crippen LogP contribution in [-0.2, 0) is 20.9 Å². The van der Waals surface area contributed by atoms with Crippen molar-refractivity contribution < 1.29 is 23.7 Å². The molecule has 0 spiro atoms. The molecule has 0 fully saturated rings. The summed E-state index contributed by atoms with van der Waals surface area (Å²) < 4.78 is 10.2. The van der Waals surface area contributed by atoms with Crippen molar-refractivity contribution in [3.63, 3.8) is 0 Å². The monoisotopic (exact) mass is 468 g/mol. The molecule has 1 aromatic carbocycles. The molecule has 2 aliphatic heterocycles. The third-order valence-corrected chi connectivity index (χ3v) is 6.10. The third kappa shape index (κ3) is 4.53. The van der Waals surface area contributed by atoms with Gasteiger partial charge in [-0.15, -0.1) is 0 Å². The molecule has 4 rings (SSSR count). The number of ether oxygens (including phenoxy) is 1. The number of nitro benzene ring substituents is 1. The fourth-order valence-corrected chi connectivity index (χ4v) is 4.62. The number of amidine groups is 1. The molecule has 1 N–H and O–H groups in total. The molecular weight excluding hydrogens is 448 g/mol. The van der Waals surface area contributed by atoms with Gasteiger partial charge in [0.05, 0.1) is 48.6 Å². The molecule has 10 nitrogen and oxygen atoms in total. The van der Waals surface area contributed by atoms with Crippen LogP contribution in [0.25, 0.3) is 0 Å². The predicted molar refractivity (Wildman–Crippen MR) is 121 cm³/mol. The van der Waals surface area contributed by atoms with Crippen LogP contribution < -0.4 is 5.32 Å². The first-order valence-corrected chi connectivity index (χ1v) is 10.8. The summed E-state index contributed by atoms with van der Waals surface area (Å²) in [5.74, 6) is -0.154. The molecular formula is C22H20N4O6S. The van der Waals surface area contributed by atoms with E-state index in [4.69, 9.17) is 9.15 Å². The van der Waals surface area contributed by atoms with Crippen molar-refractivity contribution in [3.05, 3.63) is 86.5 Å². The summed E-state index contributed by atoms with van der Waals surface area (Å²) in [6.07, 6.45) is 1.58. The van der Waals surface area contributed by atoms with E-state index in [0.717, 1.165) is 0 Å². The highest BCUT2D eigenvalue weighted by atomic mass is 32.2. The Kier molecular flexibility index (Phi) is 6.31. The molecule has 2 aromatic rings. The molecule has 1 atom stereocenters. The highest BCUT2D eigenvalue weighted by Crippen LogP contribution is 2.45. The van der Waals surface area contributed by atoms with Crippen LogP contribution in [0.3, 0.4) is 0 Å². The summed E-state index contributed by atoms with van der Waals surface area (Å²) in [7, 11) is 1.28. The van der Waals surface area contributed by atoms with Gasteiger partial charge in [0.1, 0.15) is 5.76 Å². The summed E-state index contributed by atoms with van der Waals surface area (Å²) in [6, 6.07) is 8.82. The van der Waals surface area contributed by atoms with E-state index in [1.807, 2.05) is 5.41 Å². The largest absolute Gasteiger partial charge is 0.467 e. The number of carbonyl (C=O) groups excluding carboxylic acids is 2. The smallest absolute Gasteiger partial charge is 0.338 e. The van der Waals surface area contributed by atoms with E-state index in [0.29, 0.717) is 33.5 Å². The van der Waals surface area contributed by atoms with Crippen molar-refractivity contribution in [1.29, 1.82) is 0 Å². The summed E-state index contributed by atoms with van der Waals surface area (Å²) in [4.78, 5) is 42.3. The second kappa shape index (κ2) is 9.33. The number of furan rings is 1. The van der Waals surface area contributed by atoms with E-state index in [-0.39, 0.29) is 24.6 Å². The van der Waals surface area contributed by atoms with Crippen molar-refractivity contribution in [2.75, 3.05) is 7.11 Å². The summed E-state index contributed by atoms with van der Waals surface area (Å²) in [5.41, 5.74) is 2.01. The number of rotatable bonds is 7. The van der Waals surface area contributed by atoms with E-state index in [2.05, 4.69) is 10.3 Å². The van der Waals surface area contributed by atoms with Crippen molar-refractivity contribution in [3.8, 4) is 0 Å². The first-order chi connectivity index (χ1) is 15.9. The lowest BCUT2D eigenvalue weighted by Gasteiger charge is -2.36. The molecule has 2 aliphatic rings. The first kappa shape index (κ1) is 22.3. The number of non-ortho nitro benzene ring substituents is 1. The average molecular weight is 468 g/mol. The normalized spacial score (nSPS) is 17.3. The Bertz CT molecular complexity index is 1180. The van der Waals surface area contributed by atoms with Gasteiger partial charge in [-0.25, -0.2) is 9.79 Å². The van der Waals surface area contributed by atoms with Gasteiger partial charge in [-0.3, -0.25) is 14.9 Å². The van der Waals surface area contributed by atoms with Gasteiger partial charge < -0.3 is 19.4 Å². The van der Waals surface area contributed by atoms with Crippen molar-refractivity contribution >= 4 is 34.5 Å². The second-order valence-corrected chi connectivity index (χ2v) is 8.10. The van der Waals surface area contributed by atoms with Gasteiger partial charge >= 0.3 is 5.97 Å². The number of nitrogens with zero attached hydrogens (tertiary/aromatic N) is 3. The molecule has 3 heterocycles. The molecule has 0 saturated heterocycles. The number of esters is 1. The Balaban J connectivity index is 1.64. The summed E-state index contributed by atoms with van der Waals surface area (Å²) >= 11 is 1.34. The van der Waals surface area contributed by atoms with Crippen molar-refractivity contribution in [2.45, 2.75) is 25.9 Å². The number of aliphatic imine (C=N–C) groups is 1. The Hall–Kier alpha value is -3.86. The molecule has 170 valence electrons. The highest BCUT2D eigenvalue weighted by molar-refractivity contribution is 8.16. The zero-order valence-electron chi connectivity index (χ0n) is 17.8. The van der Waals surface area contributed by atoms with Crippen LogP contribution in [0.4, 0.5) is 5.69 Å². The molecule has 0 aliphatic carbocycles. The average Bonchev–Trinajstić information content (AvgIpc) is 3.46. The number of methoxy groups -OCH3 is 1. The number of hydrogen-bond acceptors (Lipinski definition) is 9. The standard InChI is InChI=1S/C22H20N4O6S/c1-13-19(21(28)31-2)20(14-5-7-15(8-6-14)26(29)30)25-16(12-33-22(25)24-13)10-18(27)23-11-17-4-3-9-32-17/h3-9,12,20H,10-11H2,1-2H3,(H,23,27). The number of allylic oxidation sites excluding steroid dienone is 1. The van der Waals surface area contributed by atoms with Gasteiger partial charge in [0.15, 0.2) is 5.17 Å². The lowest BCUT2D eigenvalue weighted by molar-refractivity contribution is -0.384. The van der Waals surface area contributed by atoms with E-state index in [9.17, 15) is 19.7 Å². The lowest BCUT2D eigenvalue weighted by atomic mass is 9.93. The number of hydrogen-bond donors (Lipinski definition) is 1. The van der Waals surface area contributed by atoms with Gasteiger partial charge in [-0.2, -0.15) is 0 Å². The van der Waals surface area contributed by atoms with Gasteiger partial charge in [-0.1, -0.05) is 11.8 Å². The number of carbonyl (C=O) groups is 2. The number of benzene rings is 1. The maximum Gasteiger partial charge on any atom is 0.338 e. The number of nitro groups is 1. The lowest BCUT2D eigenvalue weighted by Crippen LogP contribution is -2.37. The predicted octanol–water partition coefficient (Wildman–Crippen LogP) is 3.64. The molecule has 11 heteroatoms. The maximum atomic E-state index is 12.7. The fraction of sp³-hybridized carbons (Fsp3) is 0.227. The van der Waals surface area contributed by atoms with E-state index in [1.54, 1.807) is 36.1 Å². The zero-order chi connectivity index (χ0) is 23.5. The number of fused-ring (bicyclic) bond motifs is 1. The highest BCUT2D eigenvalue weighted by Gasteiger charge is 2.41. The molecule has 1 amide bonds. The molecule has 1 unspecified atom stereocenters. The SMILES string of the molecule is COC(=O)C1=C(C)N=C2SC=C(CC(=O)NCc3ccco3)N2C1c1ccc([N+](=O)[O-])cc1. The summed E-state index contributed by atoms with van der Waals surface area (Å²) in [6.45, 7) is 1.97. The number of amides is 1. The van der Waals surface area contributed by atoms with E-state index in [1.165, 1.54) is 37.3 Å². The van der Waals surface area contributed by atoms with Crippen LogP contribution in [0.2, 0.25) is 0 Å². The maximum absolute atomic E-state index is 12.7. The quantitative estimate of drug-likeness (QED) is 0.371. The molecule has 33 heavy (non-hydrogen) atoms. The van der Waals surface area contributed by atoms with E-state index < -0.39 is 16.9 Å². The van der Waals surface area contributed by atoms with Crippen LogP contribution in [0, 0.1) is 10.1 Å². The van der Waals surface area contributed by atoms with Crippen LogP contribution in [0.5, 0.6) is 0 Å². The van der Waals surface area contributed by atoms with Crippen LogP contribution in [0.15, 0.2) is 74.4 Å². The minimum atomic E-state index is -0.648. The molecule has 0 radical (unpaired) electrons. The van der Waals surface area contributed by atoms with Gasteiger partial charge in [0, 0.05) is 17.8 Å². The molecule has 0 saturated carbocycles. The van der Waals surface area contributed by atoms with Gasteiger partial charge in [0.2, 0.25) is 5.91 Å². The van der Waals surface area contributed by atoms with Crippen LogP contribution >= 0.6 is 11.8 Å². The Morgan fingerprint density at radius 3 is 2.70 bits per heavy atom. The first-order valence-electron chi connectivity index (χ1n) is 9.95. The number of thioether (sulfide) groups is 1. The van der Waals surface area contributed by atoms with Gasteiger partial charge in [-0.05, 0) is 42.2 Å².